The van der Waals surface area contributed by atoms with E-state index in [0.717, 1.165) is 31.2 Å². The van der Waals surface area contributed by atoms with Crippen LogP contribution in [0.4, 0.5) is 0 Å². The van der Waals surface area contributed by atoms with Crippen LogP contribution in [-0.2, 0) is 0 Å². The second kappa shape index (κ2) is 6.95. The topological polar surface area (TPSA) is 21.3 Å². The van der Waals surface area contributed by atoms with E-state index in [4.69, 9.17) is 4.74 Å². The van der Waals surface area contributed by atoms with Crippen molar-refractivity contribution in [2.24, 2.45) is 5.92 Å². The molecule has 1 aliphatic rings. The van der Waals surface area contributed by atoms with Crippen LogP contribution in [0.25, 0.3) is 0 Å². The minimum Gasteiger partial charge on any atom is -0.493 e. The van der Waals surface area contributed by atoms with E-state index in [1.165, 1.54) is 30.4 Å². The van der Waals surface area contributed by atoms with Gasteiger partial charge in [-0.3, -0.25) is 0 Å². The summed E-state index contributed by atoms with van der Waals surface area (Å²) in [6, 6.07) is 6.91. The molecule has 0 bridgehead atoms. The van der Waals surface area contributed by atoms with Crippen molar-refractivity contribution in [3.63, 3.8) is 0 Å². The van der Waals surface area contributed by atoms with Crippen molar-refractivity contribution in [1.29, 1.82) is 0 Å². The molecule has 0 amide bonds. The SMILES string of the molecule is CCCNC(C)c1ccc(C)cc1OCCC1CC1. The highest BCUT2D eigenvalue weighted by atomic mass is 16.5. The molecule has 2 rings (SSSR count). The highest BCUT2D eigenvalue weighted by molar-refractivity contribution is 5.39. The quantitative estimate of drug-likeness (QED) is 0.756. The van der Waals surface area contributed by atoms with Gasteiger partial charge in [0.05, 0.1) is 6.61 Å². The lowest BCUT2D eigenvalue weighted by Gasteiger charge is -2.19. The smallest absolute Gasteiger partial charge is 0.124 e. The van der Waals surface area contributed by atoms with Gasteiger partial charge in [-0.05, 0) is 50.8 Å². The zero-order valence-corrected chi connectivity index (χ0v) is 12.5. The number of benzene rings is 1. The molecule has 0 radical (unpaired) electrons. The van der Waals surface area contributed by atoms with Crippen LogP contribution in [0.3, 0.4) is 0 Å². The number of hydrogen-bond acceptors (Lipinski definition) is 2. The molecule has 1 fully saturated rings. The van der Waals surface area contributed by atoms with Crippen LogP contribution in [0.5, 0.6) is 5.75 Å². The van der Waals surface area contributed by atoms with Crippen LogP contribution in [0.2, 0.25) is 0 Å². The van der Waals surface area contributed by atoms with Crippen molar-refractivity contribution in [2.45, 2.75) is 52.5 Å². The van der Waals surface area contributed by atoms with Crippen molar-refractivity contribution in [3.05, 3.63) is 29.3 Å². The van der Waals surface area contributed by atoms with Gasteiger partial charge in [-0.25, -0.2) is 0 Å². The van der Waals surface area contributed by atoms with Gasteiger partial charge in [0.25, 0.3) is 0 Å². The molecule has 2 nitrogen and oxygen atoms in total. The van der Waals surface area contributed by atoms with Gasteiger partial charge in [-0.15, -0.1) is 0 Å². The third kappa shape index (κ3) is 4.54. The third-order valence-corrected chi connectivity index (χ3v) is 3.82. The van der Waals surface area contributed by atoms with Crippen LogP contribution in [0.15, 0.2) is 18.2 Å². The van der Waals surface area contributed by atoms with Crippen molar-refractivity contribution in [1.82, 2.24) is 5.32 Å². The summed E-state index contributed by atoms with van der Waals surface area (Å²) in [7, 11) is 0. The van der Waals surface area contributed by atoms with Crippen molar-refractivity contribution in [2.75, 3.05) is 13.2 Å². The van der Waals surface area contributed by atoms with E-state index in [0.29, 0.717) is 6.04 Å². The lowest BCUT2D eigenvalue weighted by molar-refractivity contribution is 0.296. The summed E-state index contributed by atoms with van der Waals surface area (Å²) in [6.07, 6.45) is 5.18. The molecule has 0 heterocycles. The molecular weight excluding hydrogens is 234 g/mol. The Kier molecular flexibility index (Phi) is 5.26. The average molecular weight is 261 g/mol. The fourth-order valence-electron chi connectivity index (χ4n) is 2.34. The summed E-state index contributed by atoms with van der Waals surface area (Å²) < 4.78 is 6.03. The minimum atomic E-state index is 0.358. The van der Waals surface area contributed by atoms with Gasteiger partial charge in [0.2, 0.25) is 0 Å². The molecule has 1 saturated carbocycles. The maximum Gasteiger partial charge on any atom is 0.124 e. The summed E-state index contributed by atoms with van der Waals surface area (Å²) in [5.41, 5.74) is 2.56. The van der Waals surface area contributed by atoms with E-state index in [9.17, 15) is 0 Å². The zero-order chi connectivity index (χ0) is 13.7. The fourth-order valence-corrected chi connectivity index (χ4v) is 2.34. The monoisotopic (exact) mass is 261 g/mol. The summed E-state index contributed by atoms with van der Waals surface area (Å²) >= 11 is 0. The largest absolute Gasteiger partial charge is 0.493 e. The predicted molar refractivity (Wildman–Crippen MR) is 80.7 cm³/mol. The van der Waals surface area contributed by atoms with E-state index in [1.807, 2.05) is 0 Å². The maximum atomic E-state index is 6.03. The van der Waals surface area contributed by atoms with Gasteiger partial charge in [0.15, 0.2) is 0 Å². The molecule has 1 unspecified atom stereocenters. The molecule has 0 spiro atoms. The van der Waals surface area contributed by atoms with E-state index in [-0.39, 0.29) is 0 Å². The second-order valence-electron chi connectivity index (χ2n) is 5.80. The van der Waals surface area contributed by atoms with E-state index in [1.54, 1.807) is 0 Å². The zero-order valence-electron chi connectivity index (χ0n) is 12.5. The Morgan fingerprint density at radius 2 is 2.16 bits per heavy atom. The van der Waals surface area contributed by atoms with Crippen LogP contribution < -0.4 is 10.1 Å². The van der Waals surface area contributed by atoms with Crippen LogP contribution >= 0.6 is 0 Å². The number of nitrogens with one attached hydrogen (secondary N) is 1. The highest BCUT2D eigenvalue weighted by Gasteiger charge is 2.21. The van der Waals surface area contributed by atoms with Crippen LogP contribution in [-0.4, -0.2) is 13.2 Å². The van der Waals surface area contributed by atoms with E-state index >= 15 is 0 Å². The van der Waals surface area contributed by atoms with Crippen molar-refractivity contribution >= 4 is 0 Å². The molecule has 2 heteroatoms. The molecule has 0 aliphatic heterocycles. The molecule has 1 aliphatic carbocycles. The van der Waals surface area contributed by atoms with Crippen molar-refractivity contribution in [3.8, 4) is 5.75 Å². The van der Waals surface area contributed by atoms with Gasteiger partial charge in [-0.1, -0.05) is 31.9 Å². The number of hydrogen-bond donors (Lipinski definition) is 1. The Hall–Kier alpha value is -1.02. The van der Waals surface area contributed by atoms with Gasteiger partial charge >= 0.3 is 0 Å². The maximum absolute atomic E-state index is 6.03. The second-order valence-corrected chi connectivity index (χ2v) is 5.80. The first-order chi connectivity index (χ1) is 9.20. The van der Waals surface area contributed by atoms with Crippen LogP contribution in [0, 0.1) is 12.8 Å². The molecule has 19 heavy (non-hydrogen) atoms. The van der Waals surface area contributed by atoms with Gasteiger partial charge in [-0.2, -0.15) is 0 Å². The molecule has 0 aromatic heterocycles. The Morgan fingerprint density at radius 3 is 2.84 bits per heavy atom. The molecule has 106 valence electrons. The molecule has 1 aromatic carbocycles. The summed E-state index contributed by atoms with van der Waals surface area (Å²) in [5.74, 6) is 2.00. The summed E-state index contributed by atoms with van der Waals surface area (Å²) in [5, 5.41) is 3.54. The van der Waals surface area contributed by atoms with Gasteiger partial charge < -0.3 is 10.1 Å². The predicted octanol–water partition coefficient (Wildman–Crippen LogP) is 4.23. The Labute approximate surface area is 117 Å². The number of aryl methyl sites for hydroxylation is 1. The number of ether oxygens (including phenoxy) is 1. The molecular formula is C17H27NO. The standard InChI is InChI=1S/C17H27NO/c1-4-10-18-14(3)16-8-5-13(2)12-17(16)19-11-9-15-6-7-15/h5,8,12,14-15,18H,4,6-7,9-11H2,1-3H3. The molecule has 1 aromatic rings. The fraction of sp³-hybridized carbons (Fsp3) is 0.647. The Bertz CT molecular complexity index is 398. The normalized spacial score (nSPS) is 16.4. The van der Waals surface area contributed by atoms with E-state index in [2.05, 4.69) is 44.3 Å². The number of rotatable bonds is 8. The molecule has 1 N–H and O–H groups in total. The first-order valence-corrected chi connectivity index (χ1v) is 7.67. The highest BCUT2D eigenvalue weighted by Crippen LogP contribution is 2.33. The lowest BCUT2D eigenvalue weighted by Crippen LogP contribution is -2.20. The van der Waals surface area contributed by atoms with Gasteiger partial charge in [0, 0.05) is 11.6 Å². The Morgan fingerprint density at radius 1 is 1.37 bits per heavy atom. The lowest BCUT2D eigenvalue weighted by atomic mass is 10.0. The average Bonchev–Trinajstić information content (AvgIpc) is 3.20. The van der Waals surface area contributed by atoms with Crippen LogP contribution in [0.1, 0.15) is 56.7 Å². The van der Waals surface area contributed by atoms with Gasteiger partial charge in [0.1, 0.15) is 5.75 Å². The molecule has 1 atom stereocenters. The summed E-state index contributed by atoms with van der Waals surface area (Å²) in [4.78, 5) is 0. The first-order valence-electron chi connectivity index (χ1n) is 7.67. The van der Waals surface area contributed by atoms with Crippen molar-refractivity contribution < 1.29 is 4.74 Å². The molecule has 0 saturated heterocycles. The Balaban J connectivity index is 1.98. The van der Waals surface area contributed by atoms with E-state index < -0.39 is 0 Å². The summed E-state index contributed by atoms with van der Waals surface area (Å²) in [6.45, 7) is 8.45. The first kappa shape index (κ1) is 14.4. The third-order valence-electron chi connectivity index (χ3n) is 3.82. The minimum absolute atomic E-state index is 0.358.